The van der Waals surface area contributed by atoms with Gasteiger partial charge in [-0.3, -0.25) is 0 Å². The molecule has 0 aromatic rings. The van der Waals surface area contributed by atoms with E-state index < -0.39 is 0 Å². The molecule has 0 atom stereocenters. The zero-order valence-corrected chi connectivity index (χ0v) is 8.94. The first-order chi connectivity index (χ1) is 7.39. The van der Waals surface area contributed by atoms with Gasteiger partial charge in [-0.15, -0.1) is 0 Å². The fourth-order valence-corrected chi connectivity index (χ4v) is 0.847. The van der Waals surface area contributed by atoms with Crippen molar-refractivity contribution in [2.45, 2.75) is 0 Å². The second kappa shape index (κ2) is 15.6. The van der Waals surface area contributed by atoms with Crippen LogP contribution in [0.3, 0.4) is 0 Å². The number of hydrogen-bond donors (Lipinski definition) is 0. The first-order valence-electron chi connectivity index (χ1n) is 3.73. The number of rotatable bonds is 0. The van der Waals surface area contributed by atoms with Crippen molar-refractivity contribution in [3.63, 3.8) is 0 Å². The fourth-order valence-electron chi connectivity index (χ4n) is 0.606. The van der Waals surface area contributed by atoms with Crippen LogP contribution in [0, 0.1) is 18.0 Å². The van der Waals surface area contributed by atoms with E-state index in [1.54, 1.807) is 0 Å². The molecule has 0 spiro atoms. The van der Waals surface area contributed by atoms with Crippen LogP contribution in [0.25, 0.3) is 5.59 Å². The number of allylic oxidation sites excluding steroid dienone is 4. The van der Waals surface area contributed by atoms with Crippen LogP contribution in [0.15, 0.2) is 24.3 Å². The molecule has 0 aromatic heterocycles. The molecule has 6 heteroatoms. The number of hydrogen-bond acceptors (Lipinski definition) is 3. The molecule has 82 valence electrons. The van der Waals surface area contributed by atoms with Crippen molar-refractivity contribution >= 4 is 4.79 Å². The summed E-state index contributed by atoms with van der Waals surface area (Å²) in [4.78, 5) is 7.77. The van der Waals surface area contributed by atoms with Gasteiger partial charge in [-0.1, -0.05) is 24.3 Å². The summed E-state index contributed by atoms with van der Waals surface area (Å²) < 4.78 is 17.0. The van der Waals surface area contributed by atoms with E-state index in [9.17, 15) is 0 Å². The minimum absolute atomic E-state index is 0.516. The van der Waals surface area contributed by atoms with Crippen LogP contribution in [0.2, 0.25) is 0 Å². The third-order valence-corrected chi connectivity index (χ3v) is 1.41. The van der Waals surface area contributed by atoms with Crippen molar-refractivity contribution in [1.82, 2.24) is 0 Å². The average Bonchev–Trinajstić information content (AvgIpc) is 2.98. The van der Waals surface area contributed by atoms with Gasteiger partial charge >= 0.3 is 54.4 Å². The average molecular weight is 250 g/mol. The maximum Gasteiger partial charge on any atom is -0.423 e. The molecule has 0 unspecified atom stereocenters. The van der Waals surface area contributed by atoms with Gasteiger partial charge in [-0.25, -0.2) is 0 Å². The topological polar surface area (TPSA) is 77.7 Å². The van der Waals surface area contributed by atoms with Gasteiger partial charge in [0, 0.05) is 6.42 Å². The molecule has 15 heavy (non-hydrogen) atoms. The summed E-state index contributed by atoms with van der Waals surface area (Å²) in [5.74, 6) is 0. The Morgan fingerprint density at radius 3 is 1.67 bits per heavy atom. The van der Waals surface area contributed by atoms with Crippen LogP contribution in [-0.2, 0) is 29.7 Å². The van der Waals surface area contributed by atoms with Gasteiger partial charge in [-0.05, 0) is 0 Å². The summed E-state index contributed by atoms with van der Waals surface area (Å²) in [5, 5.41) is 0. The molecule has 1 saturated heterocycles. The Balaban J connectivity index is 0. The van der Waals surface area contributed by atoms with Gasteiger partial charge < -0.3 is 10.5 Å². The van der Waals surface area contributed by atoms with Gasteiger partial charge in [0.2, 0.25) is 0 Å². The van der Waals surface area contributed by atoms with Gasteiger partial charge in [0.15, 0.2) is 0 Å². The second-order valence-electron chi connectivity index (χ2n) is 1.90. The zero-order chi connectivity index (χ0) is 11.9. The number of nitroso groups, excluding NO2 is 1. The van der Waals surface area contributed by atoms with Crippen LogP contribution in [-0.4, -0.2) is 18.0 Å². The van der Waals surface area contributed by atoms with Crippen molar-refractivity contribution in [1.29, 1.82) is 0 Å². The Bertz CT molecular complexity index is 220. The quantitative estimate of drug-likeness (QED) is 0.369. The molecule has 1 heterocycles. The van der Waals surface area contributed by atoms with Crippen LogP contribution < -0.4 is 0 Å². The molecule has 0 N–H and O–H groups in total. The Labute approximate surface area is 96.0 Å². The van der Waals surface area contributed by atoms with Crippen molar-refractivity contribution in [2.75, 3.05) is 13.2 Å². The van der Waals surface area contributed by atoms with Crippen LogP contribution in [0.1, 0.15) is 0 Å². The van der Waals surface area contributed by atoms with E-state index in [1.165, 1.54) is 0 Å². The maximum atomic E-state index is 7.50. The molecule has 0 aromatic carbocycles. The summed E-state index contributed by atoms with van der Waals surface area (Å²) >= 11 is 3.01. The fraction of sp³-hybridized carbons (Fsp3) is 0.222. The van der Waals surface area contributed by atoms with E-state index >= 15 is 0 Å². The number of ether oxygens (including phenoxy) is 2. The van der Waals surface area contributed by atoms with E-state index in [1.807, 2.05) is 30.7 Å². The van der Waals surface area contributed by atoms with Crippen LogP contribution in [0.5, 0.6) is 0 Å². The van der Waals surface area contributed by atoms with Crippen molar-refractivity contribution in [3.05, 3.63) is 47.9 Å². The monoisotopic (exact) mass is 250 g/mol. The minimum atomic E-state index is 0.516. The molecule has 0 bridgehead atoms. The van der Waals surface area contributed by atoms with Crippen molar-refractivity contribution in [3.8, 4) is 0 Å². The molecular weight excluding hydrogens is 241 g/mol. The smallest absolute Gasteiger partial charge is 0.423 e. The van der Waals surface area contributed by atoms with E-state index in [-0.39, 0.29) is 0 Å². The molecule has 5 nitrogen and oxygen atoms in total. The van der Waals surface area contributed by atoms with Gasteiger partial charge in [-0.2, -0.15) is 0 Å². The normalized spacial score (nSPS) is 15.2. The summed E-state index contributed by atoms with van der Waals surface area (Å²) in [6, 6.07) is 0. The Morgan fingerprint density at radius 1 is 1.13 bits per heavy atom. The molecule has 2 aliphatic rings. The van der Waals surface area contributed by atoms with E-state index in [0.29, 0.717) is 18.0 Å². The molecule has 1 aliphatic heterocycles. The Kier molecular flexibility index (Phi) is 17.2. The van der Waals surface area contributed by atoms with Gasteiger partial charge in [0.05, 0.1) is 0 Å². The minimum Gasteiger partial charge on any atom is -0.577 e. The summed E-state index contributed by atoms with van der Waals surface area (Å²) in [5.41, 5.74) is 5.75. The van der Waals surface area contributed by atoms with Crippen LogP contribution in [0.4, 0.5) is 0 Å². The van der Waals surface area contributed by atoms with Gasteiger partial charge in [0.1, 0.15) is 0 Å². The molecule has 2 rings (SSSR count). The Morgan fingerprint density at radius 2 is 1.53 bits per heavy atom. The molecular formula is C9H9MnNO4-. The third-order valence-electron chi connectivity index (χ3n) is 1.07. The van der Waals surface area contributed by atoms with E-state index in [2.05, 4.69) is 22.2 Å². The SMILES string of the molecule is [C-]#[O+].[CH]1C=CC=C1.[Mn]=[C]1OCCO1.[N-]=O. The molecule has 0 amide bonds. The van der Waals surface area contributed by atoms with Gasteiger partial charge in [0.25, 0.3) is 0 Å². The first kappa shape index (κ1) is 16.6. The summed E-state index contributed by atoms with van der Waals surface area (Å²) in [7, 11) is 0. The molecule has 1 fully saturated rings. The van der Waals surface area contributed by atoms with E-state index in [4.69, 9.17) is 24.6 Å². The first-order valence-corrected chi connectivity index (χ1v) is 4.32. The second-order valence-corrected chi connectivity index (χ2v) is 2.38. The van der Waals surface area contributed by atoms with E-state index in [0.717, 1.165) is 0 Å². The Hall–Kier alpha value is -0.871. The third kappa shape index (κ3) is 13.1. The van der Waals surface area contributed by atoms with Crippen molar-refractivity contribution in [2.24, 2.45) is 0 Å². The van der Waals surface area contributed by atoms with Crippen molar-refractivity contribution < 1.29 is 29.7 Å². The largest absolute Gasteiger partial charge is 0.577 e. The zero-order valence-electron chi connectivity index (χ0n) is 7.76. The molecule has 1 aliphatic carbocycles. The maximum absolute atomic E-state index is 7.50. The standard InChI is InChI=1S/C5H5.C3H4O2.CO.Mn.NO/c1-2-4-5-3-1;1-2-5-3-4-1;1-2;;1-2/h1-5H;1-2H2;;;/q;;;;-1. The summed E-state index contributed by atoms with van der Waals surface area (Å²) in [6.07, 6.45) is 10.0. The molecule has 0 saturated carbocycles. The van der Waals surface area contributed by atoms with Crippen LogP contribution >= 0.6 is 0 Å². The predicted molar refractivity (Wildman–Crippen MR) is 50.1 cm³/mol. The predicted octanol–water partition coefficient (Wildman–Crippen LogP) is 1.27. The number of nitrogens with zero attached hydrogens (tertiary/aromatic N) is 1. The summed E-state index contributed by atoms with van der Waals surface area (Å²) in [6.45, 7) is 5.86. The molecule has 1 radical (unpaired) electrons.